The van der Waals surface area contributed by atoms with Gasteiger partial charge in [-0.2, -0.15) is 0 Å². The van der Waals surface area contributed by atoms with E-state index in [-0.39, 0.29) is 0 Å². The van der Waals surface area contributed by atoms with Gasteiger partial charge >= 0.3 is 0 Å². The molecule has 0 amide bonds. The van der Waals surface area contributed by atoms with E-state index in [0.717, 1.165) is 18.8 Å². The highest BCUT2D eigenvalue weighted by Gasteiger charge is 2.09. The summed E-state index contributed by atoms with van der Waals surface area (Å²) in [7, 11) is 0. The van der Waals surface area contributed by atoms with Gasteiger partial charge in [0.1, 0.15) is 5.75 Å². The van der Waals surface area contributed by atoms with Gasteiger partial charge in [-0.25, -0.2) is 0 Å². The molecule has 0 aliphatic rings. The van der Waals surface area contributed by atoms with Crippen molar-refractivity contribution in [3.63, 3.8) is 0 Å². The Kier molecular flexibility index (Phi) is 8.44. The predicted molar refractivity (Wildman–Crippen MR) is 91.5 cm³/mol. The van der Waals surface area contributed by atoms with E-state index in [4.69, 9.17) is 4.74 Å². The first-order valence-corrected chi connectivity index (χ1v) is 8.65. The van der Waals surface area contributed by atoms with E-state index in [1.165, 1.54) is 43.6 Å². The van der Waals surface area contributed by atoms with Crippen LogP contribution in [0.3, 0.4) is 0 Å². The summed E-state index contributed by atoms with van der Waals surface area (Å²) >= 11 is 0. The molecule has 0 aromatic heterocycles. The summed E-state index contributed by atoms with van der Waals surface area (Å²) in [5, 5.41) is 0. The Bertz CT molecular complexity index is 395. The van der Waals surface area contributed by atoms with Crippen LogP contribution in [-0.2, 0) is 0 Å². The first kappa shape index (κ1) is 18.0. The first-order valence-electron chi connectivity index (χ1n) is 8.65. The van der Waals surface area contributed by atoms with Gasteiger partial charge in [0.05, 0.1) is 26.2 Å². The number of quaternary nitrogens is 1. The summed E-state index contributed by atoms with van der Waals surface area (Å²) < 4.78 is 6.07. The van der Waals surface area contributed by atoms with Gasteiger partial charge in [0.25, 0.3) is 0 Å². The van der Waals surface area contributed by atoms with Crippen LogP contribution in [0.25, 0.3) is 0 Å². The van der Waals surface area contributed by atoms with Crippen LogP contribution in [0, 0.1) is 6.92 Å². The average molecular weight is 292 g/mol. The van der Waals surface area contributed by atoms with Crippen LogP contribution in [0.5, 0.6) is 5.75 Å². The van der Waals surface area contributed by atoms with Crippen molar-refractivity contribution in [3.05, 3.63) is 29.3 Å². The van der Waals surface area contributed by atoms with E-state index >= 15 is 0 Å². The molecule has 0 spiro atoms. The van der Waals surface area contributed by atoms with Crippen LogP contribution in [-0.4, -0.2) is 26.2 Å². The fourth-order valence-electron chi connectivity index (χ4n) is 2.83. The molecule has 1 aromatic rings. The van der Waals surface area contributed by atoms with E-state index in [9.17, 15) is 0 Å². The second-order valence-electron chi connectivity index (χ2n) is 6.40. The van der Waals surface area contributed by atoms with Gasteiger partial charge < -0.3 is 9.64 Å². The molecule has 2 heteroatoms. The van der Waals surface area contributed by atoms with E-state index < -0.39 is 0 Å². The van der Waals surface area contributed by atoms with Gasteiger partial charge in [-0.05, 0) is 42.9 Å². The SMILES string of the molecule is CCC[NH+](CCC)CCCOc1cc(C)ccc1C(C)C. The zero-order valence-electron chi connectivity index (χ0n) is 14.7. The Morgan fingerprint density at radius 1 is 1.05 bits per heavy atom. The Labute approximate surface area is 131 Å². The maximum Gasteiger partial charge on any atom is 0.123 e. The van der Waals surface area contributed by atoms with Crippen molar-refractivity contribution in [1.29, 1.82) is 0 Å². The lowest BCUT2D eigenvalue weighted by Gasteiger charge is -2.19. The molecule has 0 saturated carbocycles. The second kappa shape index (κ2) is 9.83. The zero-order valence-corrected chi connectivity index (χ0v) is 14.7. The third kappa shape index (κ3) is 6.52. The van der Waals surface area contributed by atoms with Gasteiger partial charge in [0, 0.05) is 6.42 Å². The summed E-state index contributed by atoms with van der Waals surface area (Å²) in [6, 6.07) is 6.57. The van der Waals surface area contributed by atoms with Gasteiger partial charge in [0.15, 0.2) is 0 Å². The van der Waals surface area contributed by atoms with Crippen LogP contribution >= 0.6 is 0 Å². The summed E-state index contributed by atoms with van der Waals surface area (Å²) in [5.74, 6) is 1.60. The highest BCUT2D eigenvalue weighted by atomic mass is 16.5. The van der Waals surface area contributed by atoms with Crippen molar-refractivity contribution in [2.75, 3.05) is 26.2 Å². The summed E-state index contributed by atoms with van der Waals surface area (Å²) in [5.41, 5.74) is 2.60. The molecule has 0 aliphatic carbocycles. The van der Waals surface area contributed by atoms with Gasteiger partial charge in [-0.1, -0.05) is 39.8 Å². The number of hydrogen-bond acceptors (Lipinski definition) is 1. The van der Waals surface area contributed by atoms with E-state index in [0.29, 0.717) is 5.92 Å². The van der Waals surface area contributed by atoms with Crippen LogP contribution < -0.4 is 9.64 Å². The van der Waals surface area contributed by atoms with E-state index in [2.05, 4.69) is 52.8 Å². The minimum absolute atomic E-state index is 0.517. The van der Waals surface area contributed by atoms with Crippen molar-refractivity contribution in [2.24, 2.45) is 0 Å². The zero-order chi connectivity index (χ0) is 15.7. The molecule has 2 nitrogen and oxygen atoms in total. The molecule has 1 N–H and O–H groups in total. The highest BCUT2D eigenvalue weighted by Crippen LogP contribution is 2.27. The smallest absolute Gasteiger partial charge is 0.123 e. The fraction of sp³-hybridized carbons (Fsp3) is 0.684. The van der Waals surface area contributed by atoms with E-state index in [1.807, 2.05) is 0 Å². The molecule has 1 rings (SSSR count). The molecular formula is C19H34NO+. The van der Waals surface area contributed by atoms with E-state index in [1.54, 1.807) is 4.90 Å². The van der Waals surface area contributed by atoms with Crippen LogP contribution in [0.15, 0.2) is 18.2 Å². The van der Waals surface area contributed by atoms with Crippen LogP contribution in [0.1, 0.15) is 64.0 Å². The summed E-state index contributed by atoms with van der Waals surface area (Å²) in [6.07, 6.45) is 3.68. The summed E-state index contributed by atoms with van der Waals surface area (Å²) in [6.45, 7) is 15.8. The summed E-state index contributed by atoms with van der Waals surface area (Å²) in [4.78, 5) is 1.72. The van der Waals surface area contributed by atoms with Crippen molar-refractivity contribution < 1.29 is 9.64 Å². The Balaban J connectivity index is 2.46. The maximum atomic E-state index is 6.07. The second-order valence-corrected chi connectivity index (χ2v) is 6.40. The molecule has 0 heterocycles. The molecule has 0 saturated heterocycles. The lowest BCUT2D eigenvalue weighted by molar-refractivity contribution is -0.900. The number of ether oxygens (including phenoxy) is 1. The van der Waals surface area contributed by atoms with Crippen molar-refractivity contribution in [2.45, 2.75) is 59.8 Å². The van der Waals surface area contributed by atoms with Crippen LogP contribution in [0.4, 0.5) is 0 Å². The molecule has 1 aromatic carbocycles. The number of aryl methyl sites for hydroxylation is 1. The Hall–Kier alpha value is -1.02. The topological polar surface area (TPSA) is 13.7 Å². The quantitative estimate of drug-likeness (QED) is 0.651. The van der Waals surface area contributed by atoms with Gasteiger partial charge in [-0.3, -0.25) is 0 Å². The van der Waals surface area contributed by atoms with Crippen molar-refractivity contribution >= 4 is 0 Å². The van der Waals surface area contributed by atoms with Crippen LogP contribution in [0.2, 0.25) is 0 Å². The maximum absolute atomic E-state index is 6.07. The lowest BCUT2D eigenvalue weighted by atomic mass is 10.0. The predicted octanol–water partition coefficient (Wildman–Crippen LogP) is 3.59. The largest absolute Gasteiger partial charge is 0.493 e. The van der Waals surface area contributed by atoms with Gasteiger partial charge in [0.2, 0.25) is 0 Å². The lowest BCUT2D eigenvalue weighted by Crippen LogP contribution is -3.12. The third-order valence-corrected chi connectivity index (χ3v) is 3.93. The molecule has 0 aliphatic heterocycles. The highest BCUT2D eigenvalue weighted by molar-refractivity contribution is 5.39. The third-order valence-electron chi connectivity index (χ3n) is 3.93. The number of benzene rings is 1. The molecule has 0 unspecified atom stereocenters. The minimum Gasteiger partial charge on any atom is -0.493 e. The standard InChI is InChI=1S/C19H33NO/c1-6-11-20(12-7-2)13-8-14-21-19-15-17(5)9-10-18(19)16(3)4/h9-10,15-16H,6-8,11-14H2,1-5H3/p+1. The van der Waals surface area contributed by atoms with Crippen molar-refractivity contribution in [3.8, 4) is 5.75 Å². The van der Waals surface area contributed by atoms with Gasteiger partial charge in [-0.15, -0.1) is 0 Å². The number of nitrogens with one attached hydrogen (secondary N) is 1. The molecule has 0 radical (unpaired) electrons. The number of hydrogen-bond donors (Lipinski definition) is 1. The Morgan fingerprint density at radius 2 is 1.71 bits per heavy atom. The Morgan fingerprint density at radius 3 is 2.29 bits per heavy atom. The monoisotopic (exact) mass is 292 g/mol. The molecule has 21 heavy (non-hydrogen) atoms. The normalized spacial score (nSPS) is 11.4. The fourth-order valence-corrected chi connectivity index (χ4v) is 2.83. The molecule has 120 valence electrons. The molecule has 0 bridgehead atoms. The minimum atomic E-state index is 0.517. The van der Waals surface area contributed by atoms with Crippen molar-refractivity contribution in [1.82, 2.24) is 0 Å². The number of rotatable bonds is 10. The first-order chi connectivity index (χ1) is 10.1. The molecule has 0 fully saturated rings. The molecular weight excluding hydrogens is 258 g/mol. The average Bonchev–Trinajstić information content (AvgIpc) is 2.43. The molecule has 0 atom stereocenters.